The molecular formula is C16H26N2OS. The van der Waals surface area contributed by atoms with Gasteiger partial charge >= 0.3 is 0 Å². The van der Waals surface area contributed by atoms with Crippen LogP contribution in [0.25, 0.3) is 0 Å². The number of hydrogen-bond acceptors (Lipinski definition) is 4. The summed E-state index contributed by atoms with van der Waals surface area (Å²) in [5, 5.41) is 8.33. The SMILES string of the molecule is CCNC(c1ccsc1)C1(N2CCOCC2)CCCC1. The Morgan fingerprint density at radius 2 is 2.10 bits per heavy atom. The minimum atomic E-state index is 0.306. The van der Waals surface area contributed by atoms with E-state index in [2.05, 4.69) is 34.0 Å². The minimum absolute atomic E-state index is 0.306. The first-order chi connectivity index (χ1) is 9.87. The first-order valence-corrected chi connectivity index (χ1v) is 8.89. The quantitative estimate of drug-likeness (QED) is 0.903. The Bertz CT molecular complexity index is 395. The van der Waals surface area contributed by atoms with Crippen molar-refractivity contribution in [2.24, 2.45) is 0 Å². The van der Waals surface area contributed by atoms with Gasteiger partial charge in [-0.1, -0.05) is 19.8 Å². The van der Waals surface area contributed by atoms with E-state index in [1.807, 2.05) is 11.3 Å². The summed E-state index contributed by atoms with van der Waals surface area (Å²) in [6.45, 7) is 7.22. The number of nitrogens with zero attached hydrogens (tertiary/aromatic N) is 1. The lowest BCUT2D eigenvalue weighted by molar-refractivity contribution is -0.0361. The Labute approximate surface area is 126 Å². The van der Waals surface area contributed by atoms with Crippen molar-refractivity contribution in [3.05, 3.63) is 22.4 Å². The van der Waals surface area contributed by atoms with Crippen LogP contribution in [0.4, 0.5) is 0 Å². The summed E-state index contributed by atoms with van der Waals surface area (Å²) in [5.74, 6) is 0. The highest BCUT2D eigenvalue weighted by Crippen LogP contribution is 2.45. The molecule has 2 fully saturated rings. The summed E-state index contributed by atoms with van der Waals surface area (Å²) in [6.07, 6.45) is 5.37. The fourth-order valence-corrected chi connectivity index (χ4v) is 4.73. The molecule has 0 bridgehead atoms. The van der Waals surface area contributed by atoms with Crippen LogP contribution in [0.2, 0.25) is 0 Å². The van der Waals surface area contributed by atoms with Gasteiger partial charge in [0.2, 0.25) is 0 Å². The zero-order chi connectivity index (χ0) is 13.8. The van der Waals surface area contributed by atoms with Gasteiger partial charge in [0.05, 0.1) is 19.3 Å². The van der Waals surface area contributed by atoms with Crippen molar-refractivity contribution in [1.29, 1.82) is 0 Å². The monoisotopic (exact) mass is 294 g/mol. The van der Waals surface area contributed by atoms with Gasteiger partial charge < -0.3 is 10.1 Å². The average molecular weight is 294 g/mol. The van der Waals surface area contributed by atoms with E-state index >= 15 is 0 Å². The first-order valence-electron chi connectivity index (χ1n) is 7.95. The van der Waals surface area contributed by atoms with Gasteiger partial charge in [0, 0.05) is 18.6 Å². The molecule has 3 nitrogen and oxygen atoms in total. The summed E-state index contributed by atoms with van der Waals surface area (Å²) < 4.78 is 5.57. The van der Waals surface area contributed by atoms with Crippen LogP contribution < -0.4 is 5.32 Å². The van der Waals surface area contributed by atoms with E-state index in [0.717, 1.165) is 32.8 Å². The van der Waals surface area contributed by atoms with Gasteiger partial charge in [-0.25, -0.2) is 0 Å². The Morgan fingerprint density at radius 3 is 2.70 bits per heavy atom. The number of rotatable bonds is 5. The van der Waals surface area contributed by atoms with E-state index in [1.54, 1.807) is 0 Å². The fourth-order valence-electron chi connectivity index (χ4n) is 4.04. The van der Waals surface area contributed by atoms with Crippen molar-refractivity contribution in [3.63, 3.8) is 0 Å². The van der Waals surface area contributed by atoms with Crippen LogP contribution in [0, 0.1) is 0 Å². The normalized spacial score (nSPS) is 24.9. The molecule has 20 heavy (non-hydrogen) atoms. The second kappa shape index (κ2) is 6.56. The second-order valence-electron chi connectivity index (χ2n) is 5.96. The minimum Gasteiger partial charge on any atom is -0.379 e. The Kier molecular flexibility index (Phi) is 4.76. The predicted octanol–water partition coefficient (Wildman–Crippen LogP) is 3.04. The van der Waals surface area contributed by atoms with Gasteiger partial charge in [0.15, 0.2) is 0 Å². The molecule has 0 spiro atoms. The van der Waals surface area contributed by atoms with Crippen molar-refractivity contribution in [3.8, 4) is 0 Å². The van der Waals surface area contributed by atoms with E-state index < -0.39 is 0 Å². The van der Waals surface area contributed by atoms with Gasteiger partial charge in [-0.15, -0.1) is 0 Å². The van der Waals surface area contributed by atoms with E-state index in [-0.39, 0.29) is 0 Å². The van der Waals surface area contributed by atoms with Gasteiger partial charge in [-0.05, 0) is 41.8 Å². The number of hydrogen-bond donors (Lipinski definition) is 1. The highest BCUT2D eigenvalue weighted by molar-refractivity contribution is 7.07. The zero-order valence-corrected chi connectivity index (χ0v) is 13.3. The number of ether oxygens (including phenoxy) is 1. The molecule has 1 N–H and O–H groups in total. The summed E-state index contributed by atoms with van der Waals surface area (Å²) in [4.78, 5) is 2.72. The molecule has 112 valence electrons. The van der Waals surface area contributed by atoms with E-state index in [0.29, 0.717) is 11.6 Å². The second-order valence-corrected chi connectivity index (χ2v) is 6.74. The maximum absolute atomic E-state index is 5.57. The molecule has 0 radical (unpaired) electrons. The highest BCUT2D eigenvalue weighted by Gasteiger charge is 2.46. The number of thiophene rings is 1. The standard InChI is InChI=1S/C16H26N2OS/c1-2-17-15(14-5-12-20-13-14)16(6-3-4-7-16)18-8-10-19-11-9-18/h5,12-13,15,17H,2-4,6-11H2,1H3. The maximum atomic E-state index is 5.57. The number of likely N-dealkylation sites (N-methyl/N-ethyl adjacent to an activating group) is 1. The fraction of sp³-hybridized carbons (Fsp3) is 0.750. The molecule has 1 saturated carbocycles. The third kappa shape index (κ3) is 2.67. The third-order valence-electron chi connectivity index (χ3n) is 4.93. The van der Waals surface area contributed by atoms with Crippen molar-refractivity contribution in [2.75, 3.05) is 32.8 Å². The summed E-state index contributed by atoms with van der Waals surface area (Å²) >= 11 is 1.81. The lowest BCUT2D eigenvalue weighted by Crippen LogP contribution is -2.58. The molecule has 1 aliphatic heterocycles. The Balaban J connectivity index is 1.90. The summed E-state index contributed by atoms with van der Waals surface area (Å²) in [6, 6.07) is 2.78. The highest BCUT2D eigenvalue weighted by atomic mass is 32.1. The molecule has 3 rings (SSSR count). The van der Waals surface area contributed by atoms with Crippen LogP contribution >= 0.6 is 11.3 Å². The van der Waals surface area contributed by atoms with Crippen LogP contribution in [-0.2, 0) is 4.74 Å². The van der Waals surface area contributed by atoms with Crippen molar-refractivity contribution in [1.82, 2.24) is 10.2 Å². The first kappa shape index (κ1) is 14.5. The lowest BCUT2D eigenvalue weighted by atomic mass is 9.82. The van der Waals surface area contributed by atoms with E-state index in [9.17, 15) is 0 Å². The van der Waals surface area contributed by atoms with Gasteiger partial charge in [-0.2, -0.15) is 11.3 Å². The molecular weight excluding hydrogens is 268 g/mol. The van der Waals surface area contributed by atoms with E-state index in [1.165, 1.54) is 31.2 Å². The van der Waals surface area contributed by atoms with Crippen molar-refractivity contribution < 1.29 is 4.74 Å². The smallest absolute Gasteiger partial charge is 0.0594 e. The summed E-state index contributed by atoms with van der Waals surface area (Å²) in [7, 11) is 0. The third-order valence-corrected chi connectivity index (χ3v) is 5.63. The molecule has 1 unspecified atom stereocenters. The van der Waals surface area contributed by atoms with E-state index in [4.69, 9.17) is 4.74 Å². The Hall–Kier alpha value is -0.420. The maximum Gasteiger partial charge on any atom is 0.0594 e. The summed E-state index contributed by atoms with van der Waals surface area (Å²) in [5.41, 5.74) is 1.78. The van der Waals surface area contributed by atoms with Gasteiger partial charge in [0.25, 0.3) is 0 Å². The molecule has 0 amide bonds. The molecule has 4 heteroatoms. The van der Waals surface area contributed by atoms with Crippen LogP contribution in [0.3, 0.4) is 0 Å². The molecule has 0 aromatic carbocycles. The molecule has 2 aliphatic rings. The van der Waals surface area contributed by atoms with Crippen LogP contribution in [0.15, 0.2) is 16.8 Å². The predicted molar refractivity (Wildman–Crippen MR) is 84.3 cm³/mol. The molecule has 1 aliphatic carbocycles. The number of morpholine rings is 1. The lowest BCUT2D eigenvalue weighted by Gasteiger charge is -2.48. The molecule has 1 saturated heterocycles. The molecule has 1 atom stereocenters. The van der Waals surface area contributed by atoms with Crippen molar-refractivity contribution in [2.45, 2.75) is 44.2 Å². The Morgan fingerprint density at radius 1 is 1.35 bits per heavy atom. The van der Waals surface area contributed by atoms with Crippen LogP contribution in [-0.4, -0.2) is 43.3 Å². The molecule has 1 aromatic heterocycles. The number of nitrogens with one attached hydrogen (secondary N) is 1. The molecule has 1 aromatic rings. The molecule has 2 heterocycles. The van der Waals surface area contributed by atoms with Crippen LogP contribution in [0.1, 0.15) is 44.2 Å². The largest absolute Gasteiger partial charge is 0.379 e. The van der Waals surface area contributed by atoms with Gasteiger partial charge in [0.1, 0.15) is 0 Å². The average Bonchev–Trinajstić information content (AvgIpc) is 3.18. The van der Waals surface area contributed by atoms with Gasteiger partial charge in [-0.3, -0.25) is 4.90 Å². The topological polar surface area (TPSA) is 24.5 Å². The van der Waals surface area contributed by atoms with Crippen molar-refractivity contribution >= 4 is 11.3 Å². The van der Waals surface area contributed by atoms with Crippen LogP contribution in [0.5, 0.6) is 0 Å². The zero-order valence-electron chi connectivity index (χ0n) is 12.4.